The van der Waals surface area contributed by atoms with Crippen molar-refractivity contribution < 1.29 is 4.79 Å². The first-order valence-electron chi connectivity index (χ1n) is 7.92. The SMILES string of the molecule is C/C=C/C=C/C(=O)NCC(C)(C)N1CCc2ccccc2C1. The van der Waals surface area contributed by atoms with Crippen molar-refractivity contribution in [2.45, 2.75) is 39.3 Å². The molecule has 2 rings (SSSR count). The average Bonchev–Trinajstić information content (AvgIpc) is 2.53. The van der Waals surface area contributed by atoms with Crippen molar-refractivity contribution in [1.82, 2.24) is 10.2 Å². The molecule has 0 radical (unpaired) electrons. The van der Waals surface area contributed by atoms with Crippen LogP contribution in [-0.2, 0) is 17.8 Å². The lowest BCUT2D eigenvalue weighted by molar-refractivity contribution is -0.117. The summed E-state index contributed by atoms with van der Waals surface area (Å²) in [7, 11) is 0. The Kier molecular flexibility index (Phi) is 5.56. The summed E-state index contributed by atoms with van der Waals surface area (Å²) < 4.78 is 0. The van der Waals surface area contributed by atoms with Crippen LogP contribution >= 0.6 is 0 Å². The first-order valence-corrected chi connectivity index (χ1v) is 7.92. The molecule has 3 heteroatoms. The topological polar surface area (TPSA) is 32.3 Å². The number of benzene rings is 1. The van der Waals surface area contributed by atoms with E-state index in [4.69, 9.17) is 0 Å². The number of carbonyl (C=O) groups is 1. The van der Waals surface area contributed by atoms with E-state index >= 15 is 0 Å². The Morgan fingerprint density at radius 2 is 2.00 bits per heavy atom. The maximum Gasteiger partial charge on any atom is 0.244 e. The molecule has 22 heavy (non-hydrogen) atoms. The predicted molar refractivity (Wildman–Crippen MR) is 91.6 cm³/mol. The molecule has 0 unspecified atom stereocenters. The summed E-state index contributed by atoms with van der Waals surface area (Å²) in [5.74, 6) is -0.0383. The van der Waals surface area contributed by atoms with Crippen LogP contribution in [0.4, 0.5) is 0 Å². The van der Waals surface area contributed by atoms with Crippen molar-refractivity contribution >= 4 is 5.91 Å². The number of allylic oxidation sites excluding steroid dienone is 3. The third kappa shape index (κ3) is 4.31. The number of nitrogens with one attached hydrogen (secondary N) is 1. The van der Waals surface area contributed by atoms with Crippen LogP contribution in [0.25, 0.3) is 0 Å². The predicted octanol–water partition coefficient (Wildman–Crippen LogP) is 3.07. The quantitative estimate of drug-likeness (QED) is 0.669. The minimum atomic E-state index is -0.0579. The molecule has 0 saturated heterocycles. The third-order valence-corrected chi connectivity index (χ3v) is 4.23. The molecule has 0 aliphatic carbocycles. The van der Waals surface area contributed by atoms with Gasteiger partial charge in [0.2, 0.25) is 5.91 Å². The van der Waals surface area contributed by atoms with Gasteiger partial charge in [-0.2, -0.15) is 0 Å². The highest BCUT2D eigenvalue weighted by Crippen LogP contribution is 2.24. The van der Waals surface area contributed by atoms with Crippen LogP contribution in [0.1, 0.15) is 31.9 Å². The number of hydrogen-bond donors (Lipinski definition) is 1. The van der Waals surface area contributed by atoms with Crippen LogP contribution in [0.2, 0.25) is 0 Å². The van der Waals surface area contributed by atoms with Crippen LogP contribution in [0.5, 0.6) is 0 Å². The number of nitrogens with zero attached hydrogens (tertiary/aromatic N) is 1. The molecule has 0 fully saturated rings. The van der Waals surface area contributed by atoms with Gasteiger partial charge in [0.15, 0.2) is 0 Å². The number of hydrogen-bond acceptors (Lipinski definition) is 2. The number of carbonyl (C=O) groups excluding carboxylic acids is 1. The number of rotatable bonds is 5. The number of amides is 1. The monoisotopic (exact) mass is 298 g/mol. The van der Waals surface area contributed by atoms with Gasteiger partial charge in [-0.1, -0.05) is 42.5 Å². The summed E-state index contributed by atoms with van der Waals surface area (Å²) in [6, 6.07) is 8.63. The summed E-state index contributed by atoms with van der Waals surface area (Å²) >= 11 is 0. The second-order valence-corrected chi connectivity index (χ2v) is 6.36. The van der Waals surface area contributed by atoms with Crippen LogP contribution in [-0.4, -0.2) is 29.4 Å². The van der Waals surface area contributed by atoms with Crippen LogP contribution in [0.15, 0.2) is 48.6 Å². The van der Waals surface area contributed by atoms with E-state index in [1.54, 1.807) is 12.2 Å². The second kappa shape index (κ2) is 7.41. The van der Waals surface area contributed by atoms with E-state index in [2.05, 4.69) is 48.3 Å². The minimum Gasteiger partial charge on any atom is -0.351 e. The lowest BCUT2D eigenvalue weighted by Crippen LogP contribution is -2.53. The Morgan fingerprint density at radius 1 is 1.27 bits per heavy atom. The molecule has 0 saturated carbocycles. The molecule has 0 atom stereocenters. The van der Waals surface area contributed by atoms with Crippen molar-refractivity contribution in [2.24, 2.45) is 0 Å². The van der Waals surface area contributed by atoms with Crippen molar-refractivity contribution in [3.63, 3.8) is 0 Å². The maximum atomic E-state index is 11.8. The lowest BCUT2D eigenvalue weighted by atomic mass is 9.94. The molecule has 0 bridgehead atoms. The van der Waals surface area contributed by atoms with Gasteiger partial charge in [-0.05, 0) is 38.3 Å². The van der Waals surface area contributed by atoms with Crippen molar-refractivity contribution in [3.8, 4) is 0 Å². The summed E-state index contributed by atoms with van der Waals surface area (Å²) in [4.78, 5) is 14.2. The molecule has 1 N–H and O–H groups in total. The van der Waals surface area contributed by atoms with E-state index in [9.17, 15) is 4.79 Å². The normalized spacial score (nSPS) is 16.1. The summed E-state index contributed by atoms with van der Waals surface area (Å²) in [6.07, 6.45) is 8.17. The summed E-state index contributed by atoms with van der Waals surface area (Å²) in [5.41, 5.74) is 2.80. The van der Waals surface area contributed by atoms with E-state index in [0.717, 1.165) is 19.5 Å². The average molecular weight is 298 g/mol. The molecule has 1 heterocycles. The molecule has 1 aliphatic heterocycles. The van der Waals surface area contributed by atoms with Gasteiger partial charge in [0, 0.05) is 31.2 Å². The minimum absolute atomic E-state index is 0.0383. The fourth-order valence-electron chi connectivity index (χ4n) is 2.74. The third-order valence-electron chi connectivity index (χ3n) is 4.23. The highest BCUT2D eigenvalue weighted by Gasteiger charge is 2.29. The van der Waals surface area contributed by atoms with E-state index in [0.29, 0.717) is 6.54 Å². The van der Waals surface area contributed by atoms with Gasteiger partial charge in [0.25, 0.3) is 0 Å². The first kappa shape index (κ1) is 16.5. The van der Waals surface area contributed by atoms with Crippen molar-refractivity contribution in [1.29, 1.82) is 0 Å². The molecule has 1 aromatic rings. The summed E-state index contributed by atoms with van der Waals surface area (Å²) in [6.45, 7) is 8.95. The van der Waals surface area contributed by atoms with Gasteiger partial charge < -0.3 is 5.32 Å². The van der Waals surface area contributed by atoms with Gasteiger partial charge in [-0.3, -0.25) is 9.69 Å². The van der Waals surface area contributed by atoms with E-state index in [1.165, 1.54) is 11.1 Å². The smallest absolute Gasteiger partial charge is 0.244 e. The molecular weight excluding hydrogens is 272 g/mol. The van der Waals surface area contributed by atoms with Crippen molar-refractivity contribution in [3.05, 3.63) is 59.7 Å². The van der Waals surface area contributed by atoms with Gasteiger partial charge >= 0.3 is 0 Å². The molecule has 1 amide bonds. The Labute approximate surface area is 133 Å². The van der Waals surface area contributed by atoms with Gasteiger partial charge in [0.1, 0.15) is 0 Å². The second-order valence-electron chi connectivity index (χ2n) is 6.36. The molecule has 3 nitrogen and oxygen atoms in total. The van der Waals surface area contributed by atoms with Gasteiger partial charge in [0.05, 0.1) is 0 Å². The fourth-order valence-corrected chi connectivity index (χ4v) is 2.74. The van der Waals surface area contributed by atoms with E-state index in [1.807, 2.05) is 19.1 Å². The van der Waals surface area contributed by atoms with Crippen LogP contribution < -0.4 is 5.32 Å². The maximum absolute atomic E-state index is 11.8. The molecule has 118 valence electrons. The zero-order valence-corrected chi connectivity index (χ0v) is 13.8. The molecule has 0 spiro atoms. The van der Waals surface area contributed by atoms with Crippen LogP contribution in [0, 0.1) is 0 Å². The highest BCUT2D eigenvalue weighted by molar-refractivity contribution is 5.87. The van der Waals surface area contributed by atoms with Crippen LogP contribution in [0.3, 0.4) is 0 Å². The van der Waals surface area contributed by atoms with E-state index < -0.39 is 0 Å². The Bertz CT molecular complexity index is 573. The van der Waals surface area contributed by atoms with Gasteiger partial charge in [-0.25, -0.2) is 0 Å². The molecule has 0 aromatic heterocycles. The largest absolute Gasteiger partial charge is 0.351 e. The summed E-state index contributed by atoms with van der Waals surface area (Å²) in [5, 5.41) is 3.00. The Balaban J connectivity index is 1.92. The van der Waals surface area contributed by atoms with E-state index in [-0.39, 0.29) is 11.4 Å². The standard InChI is InChI=1S/C19H26N2O/c1-4-5-6-11-18(22)20-15-19(2,3)21-13-12-16-9-7-8-10-17(16)14-21/h4-11H,12-15H2,1-3H3,(H,20,22)/b5-4+,11-6+. The molecule has 1 aliphatic rings. The Hall–Kier alpha value is -1.87. The number of fused-ring (bicyclic) bond motifs is 1. The van der Waals surface area contributed by atoms with Gasteiger partial charge in [-0.15, -0.1) is 0 Å². The van der Waals surface area contributed by atoms with Crippen molar-refractivity contribution in [2.75, 3.05) is 13.1 Å². The lowest BCUT2D eigenvalue weighted by Gasteiger charge is -2.41. The first-order chi connectivity index (χ1) is 10.5. The zero-order chi connectivity index (χ0) is 16.0. The zero-order valence-electron chi connectivity index (χ0n) is 13.8. The molecule has 1 aromatic carbocycles. The fraction of sp³-hybridized carbons (Fsp3) is 0.421. The molecular formula is C19H26N2O. The highest BCUT2D eigenvalue weighted by atomic mass is 16.1. The Morgan fingerprint density at radius 3 is 2.73 bits per heavy atom.